The first-order valence-corrected chi connectivity index (χ1v) is 3.22. The molecule has 0 radical (unpaired) electrons. The van der Waals surface area contributed by atoms with Crippen LogP contribution in [0.3, 0.4) is 0 Å². The Morgan fingerprint density at radius 1 is 1.64 bits per heavy atom. The highest BCUT2D eigenvalue weighted by Crippen LogP contribution is 2.04. The van der Waals surface area contributed by atoms with Crippen molar-refractivity contribution >= 4 is 12.4 Å². The van der Waals surface area contributed by atoms with E-state index in [4.69, 9.17) is 10.9 Å². The number of carboxylic acid groups (broad SMARTS) is 1. The topological polar surface area (TPSA) is 83.6 Å². The van der Waals surface area contributed by atoms with Crippen LogP contribution in [0.5, 0.6) is 0 Å². The van der Waals surface area contributed by atoms with Crippen LogP contribution in [-0.4, -0.2) is 28.5 Å². The van der Waals surface area contributed by atoms with Crippen LogP contribution in [0.15, 0.2) is 0 Å². The van der Waals surface area contributed by atoms with Crippen molar-refractivity contribution in [3.05, 3.63) is 0 Å². The fourth-order valence-corrected chi connectivity index (χ4v) is 0.671. The van der Waals surface area contributed by atoms with Crippen molar-refractivity contribution in [2.75, 3.05) is 0 Å². The van der Waals surface area contributed by atoms with Gasteiger partial charge in [-0.25, -0.2) is 15.6 Å². The van der Waals surface area contributed by atoms with Gasteiger partial charge in [0.15, 0.2) is 0 Å². The van der Waals surface area contributed by atoms with Gasteiger partial charge in [-0.05, 0) is 5.92 Å². The number of aldehydes is 1. The fourth-order valence-electron chi connectivity index (χ4n) is 0.671. The molecule has 3 N–H and O–H groups in total. The summed E-state index contributed by atoms with van der Waals surface area (Å²) in [6, 6.07) is -0.757. The summed E-state index contributed by atoms with van der Waals surface area (Å²) in [5.74, 6) is 4.97. The Bertz CT molecular complexity index is 158. The van der Waals surface area contributed by atoms with Gasteiger partial charge < -0.3 is 9.90 Å². The van der Waals surface area contributed by atoms with Crippen molar-refractivity contribution < 1.29 is 14.7 Å². The van der Waals surface area contributed by atoms with E-state index in [0.29, 0.717) is 11.3 Å². The highest BCUT2D eigenvalue weighted by atomic mass is 16.4. The summed E-state index contributed by atoms with van der Waals surface area (Å²) in [4.78, 5) is 20.6. The SMILES string of the molecule is CC(C)C(C=O)N(N)C(=O)O. The van der Waals surface area contributed by atoms with Crippen LogP contribution >= 0.6 is 0 Å². The number of carbonyl (C=O) groups is 2. The molecule has 0 rings (SSSR count). The van der Waals surface area contributed by atoms with E-state index in [2.05, 4.69) is 0 Å². The maximum absolute atomic E-state index is 10.3. The van der Waals surface area contributed by atoms with Gasteiger partial charge in [0.25, 0.3) is 0 Å². The van der Waals surface area contributed by atoms with Gasteiger partial charge in [0.2, 0.25) is 0 Å². The van der Waals surface area contributed by atoms with Crippen molar-refractivity contribution in [3.8, 4) is 0 Å². The van der Waals surface area contributed by atoms with Crippen molar-refractivity contribution in [2.45, 2.75) is 19.9 Å². The Morgan fingerprint density at radius 3 is 2.18 bits per heavy atom. The van der Waals surface area contributed by atoms with Crippen LogP contribution in [0.2, 0.25) is 0 Å². The number of carbonyl (C=O) groups excluding carboxylic acids is 1. The average Bonchev–Trinajstić information content (AvgIpc) is 1.88. The maximum atomic E-state index is 10.3. The van der Waals surface area contributed by atoms with E-state index in [-0.39, 0.29) is 5.92 Å². The molecule has 0 fully saturated rings. The molecule has 0 bridgehead atoms. The molecule has 5 nitrogen and oxygen atoms in total. The number of rotatable bonds is 3. The van der Waals surface area contributed by atoms with Crippen LogP contribution in [0.25, 0.3) is 0 Å². The first kappa shape index (κ1) is 9.90. The first-order chi connectivity index (χ1) is 5.00. The number of hydrogen-bond acceptors (Lipinski definition) is 3. The second-order valence-corrected chi connectivity index (χ2v) is 2.56. The van der Waals surface area contributed by atoms with Gasteiger partial charge in [-0.1, -0.05) is 13.8 Å². The third kappa shape index (κ3) is 2.55. The molecule has 0 saturated carbocycles. The van der Waals surface area contributed by atoms with Gasteiger partial charge >= 0.3 is 6.09 Å². The third-order valence-electron chi connectivity index (χ3n) is 1.36. The zero-order valence-electron chi connectivity index (χ0n) is 6.52. The fraction of sp³-hybridized carbons (Fsp3) is 0.667. The molecular formula is C6H12N2O3. The summed E-state index contributed by atoms with van der Waals surface area (Å²) in [5, 5.41) is 8.89. The summed E-state index contributed by atoms with van der Waals surface area (Å²) < 4.78 is 0. The molecule has 0 aliphatic carbocycles. The highest BCUT2D eigenvalue weighted by Gasteiger charge is 2.22. The van der Waals surface area contributed by atoms with E-state index in [0.717, 1.165) is 0 Å². The molecule has 1 atom stereocenters. The molecule has 5 heteroatoms. The Morgan fingerprint density at radius 2 is 2.09 bits per heavy atom. The van der Waals surface area contributed by atoms with Crippen molar-refractivity contribution in [2.24, 2.45) is 11.8 Å². The lowest BCUT2D eigenvalue weighted by Crippen LogP contribution is -2.48. The lowest BCUT2D eigenvalue weighted by Gasteiger charge is -2.22. The van der Waals surface area contributed by atoms with E-state index in [9.17, 15) is 9.59 Å². The summed E-state index contributed by atoms with van der Waals surface area (Å²) in [7, 11) is 0. The standard InChI is InChI=1S/C6H12N2O3/c1-4(2)5(3-9)8(7)6(10)11/h3-5H,7H2,1-2H3,(H,10,11). The van der Waals surface area contributed by atoms with E-state index >= 15 is 0 Å². The number of amides is 1. The maximum Gasteiger partial charge on any atom is 0.422 e. The van der Waals surface area contributed by atoms with E-state index < -0.39 is 12.1 Å². The molecule has 1 amide bonds. The average molecular weight is 160 g/mol. The van der Waals surface area contributed by atoms with E-state index in [1.807, 2.05) is 0 Å². The smallest absolute Gasteiger partial charge is 0.422 e. The van der Waals surface area contributed by atoms with E-state index in [1.54, 1.807) is 13.8 Å². The molecule has 0 heterocycles. The molecule has 0 aromatic heterocycles. The molecule has 0 aromatic rings. The molecule has 0 aliphatic rings. The first-order valence-electron chi connectivity index (χ1n) is 3.22. The molecular weight excluding hydrogens is 148 g/mol. The molecule has 0 spiro atoms. The monoisotopic (exact) mass is 160 g/mol. The van der Waals surface area contributed by atoms with Crippen LogP contribution in [0.1, 0.15) is 13.8 Å². The van der Waals surface area contributed by atoms with Crippen LogP contribution < -0.4 is 5.84 Å². The molecule has 11 heavy (non-hydrogen) atoms. The Hall–Kier alpha value is -1.10. The number of nitrogens with two attached hydrogens (primary N) is 1. The van der Waals surface area contributed by atoms with Crippen LogP contribution in [-0.2, 0) is 4.79 Å². The predicted octanol–water partition coefficient (Wildman–Crippen LogP) is 0.0636. The molecule has 64 valence electrons. The molecule has 0 aromatic carbocycles. The summed E-state index contributed by atoms with van der Waals surface area (Å²) >= 11 is 0. The van der Waals surface area contributed by atoms with Crippen molar-refractivity contribution in [1.82, 2.24) is 5.01 Å². The lowest BCUT2D eigenvalue weighted by atomic mass is 10.1. The number of nitrogens with zero attached hydrogens (tertiary/aromatic N) is 1. The zero-order valence-corrected chi connectivity index (χ0v) is 6.52. The lowest BCUT2D eigenvalue weighted by molar-refractivity contribution is -0.113. The van der Waals surface area contributed by atoms with Gasteiger partial charge in [-0.15, -0.1) is 0 Å². The largest absolute Gasteiger partial charge is 0.464 e. The minimum absolute atomic E-state index is 0.103. The summed E-state index contributed by atoms with van der Waals surface area (Å²) in [6.07, 6.45) is -0.769. The Balaban J connectivity index is 4.25. The highest BCUT2D eigenvalue weighted by molar-refractivity contribution is 5.71. The second-order valence-electron chi connectivity index (χ2n) is 2.56. The van der Waals surface area contributed by atoms with Gasteiger partial charge in [0.05, 0.1) is 0 Å². The summed E-state index contributed by atoms with van der Waals surface area (Å²) in [5.41, 5.74) is 0. The van der Waals surface area contributed by atoms with Crippen LogP contribution in [0.4, 0.5) is 4.79 Å². The zero-order chi connectivity index (χ0) is 9.02. The Labute approximate surface area is 64.8 Å². The van der Waals surface area contributed by atoms with Crippen LogP contribution in [0, 0.1) is 5.92 Å². The van der Waals surface area contributed by atoms with E-state index in [1.165, 1.54) is 0 Å². The van der Waals surface area contributed by atoms with Crippen molar-refractivity contribution in [3.63, 3.8) is 0 Å². The minimum atomic E-state index is -1.30. The molecule has 1 unspecified atom stereocenters. The number of hydrogen-bond donors (Lipinski definition) is 2. The summed E-state index contributed by atoms with van der Waals surface area (Å²) in [6.45, 7) is 3.45. The third-order valence-corrected chi connectivity index (χ3v) is 1.36. The van der Waals surface area contributed by atoms with Gasteiger partial charge in [0, 0.05) is 0 Å². The molecule has 0 saturated heterocycles. The van der Waals surface area contributed by atoms with Gasteiger partial charge in [-0.2, -0.15) is 0 Å². The minimum Gasteiger partial charge on any atom is -0.464 e. The number of hydrazine groups is 1. The second kappa shape index (κ2) is 3.92. The quantitative estimate of drug-likeness (QED) is 0.265. The molecule has 0 aliphatic heterocycles. The predicted molar refractivity (Wildman–Crippen MR) is 38.7 cm³/mol. The van der Waals surface area contributed by atoms with Crippen molar-refractivity contribution in [1.29, 1.82) is 0 Å². The van der Waals surface area contributed by atoms with Gasteiger partial charge in [0.1, 0.15) is 12.3 Å². The van der Waals surface area contributed by atoms with Gasteiger partial charge in [-0.3, -0.25) is 0 Å². The normalized spacial score (nSPS) is 12.7. The Kier molecular flexibility index (Phi) is 3.53.